The summed E-state index contributed by atoms with van der Waals surface area (Å²) in [5, 5.41) is 1.20. The highest BCUT2D eigenvalue weighted by atomic mass is 16.1. The van der Waals surface area contributed by atoms with E-state index in [0.29, 0.717) is 18.4 Å². The molecule has 1 N–H and O–H groups in total. The molecule has 0 radical (unpaired) electrons. The molecule has 0 saturated heterocycles. The third kappa shape index (κ3) is 1.89. The number of fused-ring (bicyclic) bond motifs is 5. The maximum absolute atomic E-state index is 12.0. The largest absolute Gasteiger partial charge is 0.355 e. The number of H-pyrrole nitrogens is 1. The van der Waals surface area contributed by atoms with Gasteiger partial charge in [0.05, 0.1) is 0 Å². The van der Waals surface area contributed by atoms with Crippen LogP contribution in [0.4, 0.5) is 0 Å². The summed E-state index contributed by atoms with van der Waals surface area (Å²) in [7, 11) is 0. The number of nitrogens with one attached hydrogen (secondary N) is 1. The van der Waals surface area contributed by atoms with Gasteiger partial charge >= 0.3 is 0 Å². The van der Waals surface area contributed by atoms with E-state index in [1.54, 1.807) is 6.08 Å². The molecule has 0 atom stereocenters. The van der Waals surface area contributed by atoms with Crippen molar-refractivity contribution in [2.24, 2.45) is 0 Å². The highest BCUT2D eigenvalue weighted by molar-refractivity contribution is 6.07. The first kappa shape index (κ1) is 13.3. The third-order valence-corrected chi connectivity index (χ3v) is 4.75. The maximum Gasteiger partial charge on any atom is 0.163 e. The molecular weight excluding hydrogens is 274 g/mol. The normalized spacial score (nSPS) is 19.5. The van der Waals surface area contributed by atoms with Crippen molar-refractivity contribution in [3.63, 3.8) is 0 Å². The van der Waals surface area contributed by atoms with Gasteiger partial charge in [-0.15, -0.1) is 0 Å². The van der Waals surface area contributed by atoms with Gasteiger partial charge < -0.3 is 4.98 Å². The second-order valence-corrected chi connectivity index (χ2v) is 6.09. The molecule has 110 valence electrons. The Morgan fingerprint density at radius 2 is 1.77 bits per heavy atom. The number of ketones is 2. The summed E-state index contributed by atoms with van der Waals surface area (Å²) in [5.41, 5.74) is 5.97. The lowest BCUT2D eigenvalue weighted by Crippen LogP contribution is -1.99. The fourth-order valence-electron chi connectivity index (χ4n) is 3.61. The predicted octanol–water partition coefficient (Wildman–Crippen LogP) is 3.77. The van der Waals surface area contributed by atoms with E-state index >= 15 is 0 Å². The zero-order chi connectivity index (χ0) is 15.3. The SMILES string of the molecule is C=C1/C=C\c2[nH]c3ccc4c(c3c2CCCC1=O)CCC4=O. The summed E-state index contributed by atoms with van der Waals surface area (Å²) >= 11 is 0. The smallest absolute Gasteiger partial charge is 0.163 e. The van der Waals surface area contributed by atoms with Crippen LogP contribution in [0.3, 0.4) is 0 Å². The second kappa shape index (κ2) is 4.80. The molecule has 3 heteroatoms. The lowest BCUT2D eigenvalue weighted by atomic mass is 9.97. The number of aryl methyl sites for hydroxylation is 2. The Hall–Kier alpha value is -2.42. The Labute approximate surface area is 128 Å². The molecule has 1 heterocycles. The van der Waals surface area contributed by atoms with E-state index in [9.17, 15) is 9.59 Å². The number of aromatic amines is 1. The molecule has 3 nitrogen and oxygen atoms in total. The summed E-state index contributed by atoms with van der Waals surface area (Å²) < 4.78 is 0. The van der Waals surface area contributed by atoms with Gasteiger partial charge in [-0.1, -0.05) is 6.58 Å². The monoisotopic (exact) mass is 291 g/mol. The Balaban J connectivity index is 1.95. The first-order valence-corrected chi connectivity index (χ1v) is 7.75. The molecule has 22 heavy (non-hydrogen) atoms. The number of hydrogen-bond donors (Lipinski definition) is 1. The number of carbonyl (C=O) groups excluding carboxylic acids is 2. The van der Waals surface area contributed by atoms with E-state index in [2.05, 4.69) is 11.6 Å². The van der Waals surface area contributed by atoms with Crippen LogP contribution in [0.1, 0.15) is 46.4 Å². The maximum atomic E-state index is 12.0. The van der Waals surface area contributed by atoms with E-state index in [-0.39, 0.29) is 11.6 Å². The Morgan fingerprint density at radius 1 is 0.909 bits per heavy atom. The summed E-state index contributed by atoms with van der Waals surface area (Å²) in [6, 6.07) is 3.94. The average Bonchev–Trinajstić information content (AvgIpc) is 3.06. The van der Waals surface area contributed by atoms with Crippen molar-refractivity contribution >= 4 is 28.5 Å². The molecule has 0 bridgehead atoms. The predicted molar refractivity (Wildman–Crippen MR) is 87.1 cm³/mol. The zero-order valence-corrected chi connectivity index (χ0v) is 12.4. The molecule has 0 unspecified atom stereocenters. The number of Topliss-reactive ketones (excluding diaryl/α,β-unsaturated/α-hetero) is 2. The summed E-state index contributed by atoms with van der Waals surface area (Å²) in [6.07, 6.45) is 7.38. The summed E-state index contributed by atoms with van der Waals surface area (Å²) in [4.78, 5) is 27.3. The number of carbonyl (C=O) groups is 2. The van der Waals surface area contributed by atoms with Gasteiger partial charge in [-0.25, -0.2) is 0 Å². The van der Waals surface area contributed by atoms with Crippen molar-refractivity contribution in [1.82, 2.24) is 4.98 Å². The van der Waals surface area contributed by atoms with E-state index in [1.165, 1.54) is 16.5 Å². The topological polar surface area (TPSA) is 49.9 Å². The highest BCUT2D eigenvalue weighted by Crippen LogP contribution is 2.35. The second-order valence-electron chi connectivity index (χ2n) is 6.09. The van der Waals surface area contributed by atoms with Crippen LogP contribution in [0.2, 0.25) is 0 Å². The van der Waals surface area contributed by atoms with E-state index in [0.717, 1.165) is 36.0 Å². The highest BCUT2D eigenvalue weighted by Gasteiger charge is 2.25. The van der Waals surface area contributed by atoms with Gasteiger partial charge in [-0.2, -0.15) is 0 Å². The Bertz CT molecular complexity index is 867. The first-order chi connectivity index (χ1) is 10.6. The first-order valence-electron chi connectivity index (χ1n) is 7.75. The minimum Gasteiger partial charge on any atom is -0.355 e. The van der Waals surface area contributed by atoms with Crippen LogP contribution >= 0.6 is 0 Å². The summed E-state index contributed by atoms with van der Waals surface area (Å²) in [5.74, 6) is 0.361. The van der Waals surface area contributed by atoms with Crippen LogP contribution in [0.5, 0.6) is 0 Å². The van der Waals surface area contributed by atoms with Crippen LogP contribution < -0.4 is 0 Å². The number of hydrogen-bond acceptors (Lipinski definition) is 2. The van der Waals surface area contributed by atoms with E-state index in [1.807, 2.05) is 18.2 Å². The molecule has 1 aromatic heterocycles. The van der Waals surface area contributed by atoms with Crippen molar-refractivity contribution in [2.45, 2.75) is 32.1 Å². The molecule has 0 fully saturated rings. The van der Waals surface area contributed by atoms with Crippen LogP contribution in [0.15, 0.2) is 30.4 Å². The molecule has 1 aromatic carbocycles. The molecule has 2 aliphatic rings. The molecule has 0 aliphatic heterocycles. The fraction of sp³-hybridized carbons (Fsp3) is 0.263. The average molecular weight is 291 g/mol. The molecule has 4 rings (SSSR count). The van der Waals surface area contributed by atoms with E-state index < -0.39 is 0 Å². The van der Waals surface area contributed by atoms with Crippen LogP contribution in [0, 0.1) is 0 Å². The van der Waals surface area contributed by atoms with Crippen molar-refractivity contribution in [2.75, 3.05) is 0 Å². The molecule has 2 aliphatic carbocycles. The van der Waals surface area contributed by atoms with Gasteiger partial charge in [0.15, 0.2) is 11.6 Å². The lowest BCUT2D eigenvalue weighted by molar-refractivity contribution is -0.115. The number of benzene rings is 1. The number of allylic oxidation sites excluding steroid dienone is 2. The standard InChI is InChI=1S/C19H17NO2/c1-11-5-8-15-14(3-2-4-17(11)21)19-13-7-10-18(22)12(13)6-9-16(19)20-15/h5-6,8-9,20H,1-4,7,10H2/b8-5-. The van der Waals surface area contributed by atoms with Gasteiger partial charge in [0, 0.05) is 40.6 Å². The van der Waals surface area contributed by atoms with Gasteiger partial charge in [-0.05, 0) is 54.7 Å². The van der Waals surface area contributed by atoms with Gasteiger partial charge in [0.1, 0.15) is 0 Å². The zero-order valence-electron chi connectivity index (χ0n) is 12.4. The number of rotatable bonds is 0. The molecule has 0 saturated carbocycles. The van der Waals surface area contributed by atoms with Crippen LogP contribution in [0.25, 0.3) is 17.0 Å². The van der Waals surface area contributed by atoms with Crippen molar-refractivity contribution in [3.05, 3.63) is 52.7 Å². The minimum absolute atomic E-state index is 0.117. The molecule has 0 amide bonds. The summed E-state index contributed by atoms with van der Waals surface area (Å²) in [6.45, 7) is 3.84. The number of aromatic nitrogens is 1. The van der Waals surface area contributed by atoms with E-state index in [4.69, 9.17) is 0 Å². The van der Waals surface area contributed by atoms with Gasteiger partial charge in [-0.3, -0.25) is 9.59 Å². The molecular formula is C19H17NO2. The van der Waals surface area contributed by atoms with Crippen molar-refractivity contribution in [3.8, 4) is 0 Å². The van der Waals surface area contributed by atoms with Crippen molar-refractivity contribution < 1.29 is 9.59 Å². The van der Waals surface area contributed by atoms with Crippen LogP contribution in [-0.2, 0) is 17.6 Å². The Kier molecular flexibility index (Phi) is 2.89. The quantitative estimate of drug-likeness (QED) is 0.751. The van der Waals surface area contributed by atoms with Gasteiger partial charge in [0.25, 0.3) is 0 Å². The third-order valence-electron chi connectivity index (χ3n) is 4.75. The van der Waals surface area contributed by atoms with Crippen molar-refractivity contribution in [1.29, 1.82) is 0 Å². The Morgan fingerprint density at radius 3 is 2.64 bits per heavy atom. The molecule has 0 spiro atoms. The fourth-order valence-corrected chi connectivity index (χ4v) is 3.61. The minimum atomic E-state index is 0.117. The molecule has 2 aromatic rings. The van der Waals surface area contributed by atoms with Crippen LogP contribution in [-0.4, -0.2) is 16.6 Å². The lowest BCUT2D eigenvalue weighted by Gasteiger charge is -2.05. The van der Waals surface area contributed by atoms with Gasteiger partial charge in [0.2, 0.25) is 0 Å².